The second kappa shape index (κ2) is 8.87. The smallest absolute Gasteiger partial charge is 0.249 e. The van der Waals surface area contributed by atoms with Crippen LogP contribution in [-0.4, -0.2) is 41.1 Å². The van der Waals surface area contributed by atoms with E-state index in [-0.39, 0.29) is 5.56 Å². The van der Waals surface area contributed by atoms with Gasteiger partial charge in [-0.15, -0.1) is 0 Å². The average Bonchev–Trinajstić information content (AvgIpc) is 2.92. The molecule has 1 saturated heterocycles. The Morgan fingerprint density at radius 1 is 1.04 bits per heavy atom. The Balaban J connectivity index is 1.19. The quantitative estimate of drug-likeness (QED) is 0.783. The van der Waals surface area contributed by atoms with E-state index in [2.05, 4.69) is 14.9 Å². The highest BCUT2D eigenvalue weighted by molar-refractivity contribution is 5.74. The lowest BCUT2D eigenvalue weighted by molar-refractivity contribution is 0.110. The number of nitrogens with one attached hydrogen (secondary N) is 1. The topological polar surface area (TPSA) is 58.2 Å². The van der Waals surface area contributed by atoms with E-state index in [1.807, 2.05) is 12.1 Å². The van der Waals surface area contributed by atoms with Crippen LogP contribution in [0.5, 0.6) is 5.88 Å². The van der Waals surface area contributed by atoms with Crippen LogP contribution in [0.25, 0.3) is 11.0 Å². The van der Waals surface area contributed by atoms with E-state index in [0.29, 0.717) is 18.1 Å². The van der Waals surface area contributed by atoms with Crippen molar-refractivity contribution in [2.24, 2.45) is 11.8 Å². The zero-order valence-electron chi connectivity index (χ0n) is 16.2. The van der Waals surface area contributed by atoms with Gasteiger partial charge in [0, 0.05) is 24.1 Å². The molecule has 2 fully saturated rings. The third-order valence-corrected chi connectivity index (χ3v) is 6.30. The average molecular weight is 370 g/mol. The molecular formula is C22H31N3O2. The summed E-state index contributed by atoms with van der Waals surface area (Å²) in [6.45, 7) is 4.45. The number of hydrogen-bond acceptors (Lipinski definition) is 4. The van der Waals surface area contributed by atoms with E-state index in [1.165, 1.54) is 70.6 Å². The minimum Gasteiger partial charge on any atom is -0.478 e. The predicted octanol–water partition coefficient (Wildman–Crippen LogP) is 3.98. The molecule has 27 heavy (non-hydrogen) atoms. The van der Waals surface area contributed by atoms with Crippen molar-refractivity contribution in [1.82, 2.24) is 14.9 Å². The molecule has 5 nitrogen and oxygen atoms in total. The van der Waals surface area contributed by atoms with Gasteiger partial charge in [0.15, 0.2) is 0 Å². The maximum Gasteiger partial charge on any atom is 0.249 e. The van der Waals surface area contributed by atoms with Crippen LogP contribution in [0.1, 0.15) is 51.4 Å². The molecule has 2 atom stereocenters. The molecule has 0 bridgehead atoms. The Kier molecular flexibility index (Phi) is 6.07. The molecule has 0 amide bonds. The normalized spacial score (nSPS) is 23.7. The molecule has 3 heterocycles. The Labute approximate surface area is 161 Å². The molecular weight excluding hydrogens is 338 g/mol. The SMILES string of the molecule is O=c1ccc2ccc(OCCCCN3CCC4CCCCCC4C3)nc2[nH]1. The van der Waals surface area contributed by atoms with Crippen LogP contribution < -0.4 is 10.3 Å². The monoisotopic (exact) mass is 369 g/mol. The molecule has 4 rings (SSSR count). The molecule has 0 aromatic carbocycles. The Morgan fingerprint density at radius 3 is 2.81 bits per heavy atom. The van der Waals surface area contributed by atoms with Crippen molar-refractivity contribution < 1.29 is 4.74 Å². The minimum atomic E-state index is -0.135. The summed E-state index contributed by atoms with van der Waals surface area (Å²) in [5.41, 5.74) is 0.455. The fraction of sp³-hybridized carbons (Fsp3) is 0.636. The van der Waals surface area contributed by atoms with Gasteiger partial charge in [0.2, 0.25) is 11.4 Å². The van der Waals surface area contributed by atoms with Crippen molar-refractivity contribution in [2.45, 2.75) is 51.4 Å². The third kappa shape index (κ3) is 4.89. The van der Waals surface area contributed by atoms with Gasteiger partial charge in [-0.2, -0.15) is 4.98 Å². The van der Waals surface area contributed by atoms with Crippen molar-refractivity contribution >= 4 is 11.0 Å². The van der Waals surface area contributed by atoms with Gasteiger partial charge >= 0.3 is 0 Å². The molecule has 1 saturated carbocycles. The summed E-state index contributed by atoms with van der Waals surface area (Å²) in [5, 5.41) is 0.920. The fourth-order valence-corrected chi connectivity index (χ4v) is 4.76. The first kappa shape index (κ1) is 18.5. The number of nitrogens with zero attached hydrogens (tertiary/aromatic N) is 2. The van der Waals surface area contributed by atoms with Gasteiger partial charge in [0.25, 0.3) is 0 Å². The molecule has 5 heteroatoms. The highest BCUT2D eigenvalue weighted by Crippen LogP contribution is 2.34. The van der Waals surface area contributed by atoms with E-state index in [9.17, 15) is 4.79 Å². The zero-order valence-corrected chi connectivity index (χ0v) is 16.2. The molecule has 2 unspecified atom stereocenters. The van der Waals surface area contributed by atoms with Crippen LogP contribution in [0.3, 0.4) is 0 Å². The van der Waals surface area contributed by atoms with Crippen LogP contribution in [0.4, 0.5) is 0 Å². The molecule has 0 spiro atoms. The number of aromatic nitrogens is 2. The highest BCUT2D eigenvalue weighted by Gasteiger charge is 2.29. The number of ether oxygens (including phenoxy) is 1. The van der Waals surface area contributed by atoms with Gasteiger partial charge in [-0.25, -0.2) is 0 Å². The fourth-order valence-electron chi connectivity index (χ4n) is 4.76. The van der Waals surface area contributed by atoms with Crippen molar-refractivity contribution in [1.29, 1.82) is 0 Å². The van der Waals surface area contributed by atoms with E-state index >= 15 is 0 Å². The Bertz CT molecular complexity index is 803. The van der Waals surface area contributed by atoms with Gasteiger partial charge in [-0.05, 0) is 62.7 Å². The largest absolute Gasteiger partial charge is 0.478 e. The van der Waals surface area contributed by atoms with Crippen LogP contribution in [0.2, 0.25) is 0 Å². The summed E-state index contributed by atoms with van der Waals surface area (Å²) < 4.78 is 5.79. The molecule has 146 valence electrons. The maximum absolute atomic E-state index is 11.4. The van der Waals surface area contributed by atoms with Gasteiger partial charge in [0.05, 0.1) is 6.61 Å². The third-order valence-electron chi connectivity index (χ3n) is 6.30. The number of rotatable bonds is 6. The summed E-state index contributed by atoms with van der Waals surface area (Å²) in [6.07, 6.45) is 10.9. The Morgan fingerprint density at radius 2 is 1.89 bits per heavy atom. The number of hydrogen-bond donors (Lipinski definition) is 1. The van der Waals surface area contributed by atoms with E-state index in [0.717, 1.165) is 23.6 Å². The predicted molar refractivity (Wildman–Crippen MR) is 108 cm³/mol. The summed E-state index contributed by atoms with van der Waals surface area (Å²) in [5.74, 6) is 2.53. The van der Waals surface area contributed by atoms with Crippen LogP contribution in [0.15, 0.2) is 29.1 Å². The van der Waals surface area contributed by atoms with Crippen molar-refractivity contribution in [3.05, 3.63) is 34.6 Å². The summed E-state index contributed by atoms with van der Waals surface area (Å²) in [7, 11) is 0. The first-order chi connectivity index (χ1) is 13.3. The first-order valence-electron chi connectivity index (χ1n) is 10.6. The summed E-state index contributed by atoms with van der Waals surface area (Å²) >= 11 is 0. The summed E-state index contributed by atoms with van der Waals surface area (Å²) in [6, 6.07) is 7.10. The lowest BCUT2D eigenvalue weighted by atomic mass is 9.82. The molecule has 2 aromatic heterocycles. The lowest BCUT2D eigenvalue weighted by Crippen LogP contribution is -2.40. The molecule has 1 N–H and O–H groups in total. The maximum atomic E-state index is 11.4. The number of pyridine rings is 2. The van der Waals surface area contributed by atoms with Crippen molar-refractivity contribution in [3.63, 3.8) is 0 Å². The van der Waals surface area contributed by atoms with E-state index in [4.69, 9.17) is 4.74 Å². The Hall–Kier alpha value is -1.88. The summed E-state index contributed by atoms with van der Waals surface area (Å²) in [4.78, 5) is 21.2. The van der Waals surface area contributed by atoms with Gasteiger partial charge in [0.1, 0.15) is 5.65 Å². The molecule has 1 aliphatic carbocycles. The lowest BCUT2D eigenvalue weighted by Gasteiger charge is -2.38. The number of unbranched alkanes of at least 4 members (excludes halogenated alkanes) is 1. The number of aromatic amines is 1. The minimum absolute atomic E-state index is 0.135. The second-order valence-electron chi connectivity index (χ2n) is 8.21. The molecule has 0 radical (unpaired) electrons. The van der Waals surface area contributed by atoms with Gasteiger partial charge < -0.3 is 14.6 Å². The van der Waals surface area contributed by atoms with Crippen LogP contribution in [-0.2, 0) is 0 Å². The standard InChI is InChI=1S/C22H31N3O2/c26-20-10-8-18-9-11-21(24-22(18)23-20)27-15-5-4-13-25-14-12-17-6-2-1-3-7-19(17)16-25/h8-11,17,19H,1-7,12-16H2,(H,23,24,26). The number of likely N-dealkylation sites (tertiary alicyclic amines) is 1. The number of fused-ring (bicyclic) bond motifs is 2. The van der Waals surface area contributed by atoms with Crippen molar-refractivity contribution in [3.8, 4) is 5.88 Å². The highest BCUT2D eigenvalue weighted by atomic mass is 16.5. The molecule has 2 aliphatic rings. The van der Waals surface area contributed by atoms with Crippen LogP contribution in [0, 0.1) is 11.8 Å². The molecule has 1 aliphatic heterocycles. The first-order valence-corrected chi connectivity index (χ1v) is 10.6. The van der Waals surface area contributed by atoms with E-state index < -0.39 is 0 Å². The van der Waals surface area contributed by atoms with Crippen LogP contribution >= 0.6 is 0 Å². The van der Waals surface area contributed by atoms with Gasteiger partial charge in [-0.3, -0.25) is 4.79 Å². The zero-order chi connectivity index (χ0) is 18.5. The van der Waals surface area contributed by atoms with Gasteiger partial charge in [-0.1, -0.05) is 25.7 Å². The number of piperidine rings is 1. The van der Waals surface area contributed by atoms with Crippen molar-refractivity contribution in [2.75, 3.05) is 26.2 Å². The second-order valence-corrected chi connectivity index (χ2v) is 8.21. The number of H-pyrrole nitrogens is 1. The molecule has 2 aromatic rings. The van der Waals surface area contributed by atoms with E-state index in [1.54, 1.807) is 6.07 Å².